The van der Waals surface area contributed by atoms with E-state index in [-0.39, 0.29) is 11.8 Å². The molecule has 0 aliphatic carbocycles. The van der Waals surface area contributed by atoms with Gasteiger partial charge in [-0.25, -0.2) is 0 Å². The maximum atomic E-state index is 12.3. The van der Waals surface area contributed by atoms with E-state index in [0.717, 1.165) is 29.1 Å². The number of amides is 2. The molecule has 0 bridgehead atoms. The van der Waals surface area contributed by atoms with E-state index in [1.54, 1.807) is 19.1 Å². The van der Waals surface area contributed by atoms with Crippen molar-refractivity contribution in [1.82, 2.24) is 4.90 Å². The van der Waals surface area contributed by atoms with E-state index in [9.17, 15) is 9.59 Å². The van der Waals surface area contributed by atoms with Gasteiger partial charge in [0.25, 0.3) is 5.91 Å². The quantitative estimate of drug-likeness (QED) is 0.765. The van der Waals surface area contributed by atoms with Crippen molar-refractivity contribution in [2.24, 2.45) is 0 Å². The average Bonchev–Trinajstić information content (AvgIpc) is 3.12. The van der Waals surface area contributed by atoms with Crippen LogP contribution in [-0.2, 0) is 17.8 Å². The number of nitrogens with zero attached hydrogens (tertiary/aromatic N) is 1. The predicted molar refractivity (Wildman–Crippen MR) is 103 cm³/mol. The molecule has 0 unspecified atom stereocenters. The minimum absolute atomic E-state index is 0.0778. The third kappa shape index (κ3) is 3.62. The highest BCUT2D eigenvalue weighted by atomic mass is 16.3. The van der Waals surface area contributed by atoms with Crippen LogP contribution in [0.3, 0.4) is 0 Å². The lowest BCUT2D eigenvalue weighted by molar-refractivity contribution is -0.129. The molecule has 5 heteroatoms. The van der Waals surface area contributed by atoms with Crippen molar-refractivity contribution in [3.05, 3.63) is 77.6 Å². The van der Waals surface area contributed by atoms with Crippen molar-refractivity contribution >= 4 is 17.5 Å². The van der Waals surface area contributed by atoms with Crippen molar-refractivity contribution in [3.63, 3.8) is 0 Å². The maximum absolute atomic E-state index is 12.3. The molecule has 0 saturated carbocycles. The summed E-state index contributed by atoms with van der Waals surface area (Å²) in [6.45, 7) is 2.85. The van der Waals surface area contributed by atoms with Crippen LogP contribution >= 0.6 is 0 Å². The molecule has 1 aromatic heterocycles. The number of rotatable bonds is 3. The molecule has 1 aliphatic heterocycles. The predicted octanol–water partition coefficient (Wildman–Crippen LogP) is 4.10. The van der Waals surface area contributed by atoms with Gasteiger partial charge in [-0.15, -0.1) is 0 Å². The fraction of sp³-hybridized carbons (Fsp3) is 0.182. The van der Waals surface area contributed by atoms with Crippen LogP contribution in [0.4, 0.5) is 5.69 Å². The molecule has 2 heterocycles. The van der Waals surface area contributed by atoms with Gasteiger partial charge in [0, 0.05) is 48.8 Å². The Kier molecular flexibility index (Phi) is 4.50. The Hall–Kier alpha value is -3.34. The average molecular weight is 360 g/mol. The molecule has 0 saturated heterocycles. The van der Waals surface area contributed by atoms with Gasteiger partial charge >= 0.3 is 0 Å². The van der Waals surface area contributed by atoms with Crippen molar-refractivity contribution < 1.29 is 14.0 Å². The van der Waals surface area contributed by atoms with E-state index >= 15 is 0 Å². The molecular weight excluding hydrogens is 340 g/mol. The van der Waals surface area contributed by atoms with Gasteiger partial charge in [-0.1, -0.05) is 30.3 Å². The number of carbonyl (C=O) groups is 2. The first-order valence-corrected chi connectivity index (χ1v) is 8.94. The molecule has 1 N–H and O–H groups in total. The standard InChI is InChI=1S/C22H20N2O3/c1-15(25)24-11-10-20-18(14-24)13-21(27-20)17-8-5-9-19(12-17)23-22(26)16-6-3-2-4-7-16/h2-9,12-13H,10-11,14H2,1H3,(H,23,26). The number of fused-ring (bicyclic) bond motifs is 1. The van der Waals surface area contributed by atoms with Crippen LogP contribution in [0.5, 0.6) is 0 Å². The third-order valence-corrected chi connectivity index (χ3v) is 4.75. The molecule has 5 nitrogen and oxygen atoms in total. The lowest BCUT2D eigenvalue weighted by atomic mass is 10.1. The molecule has 1 aliphatic rings. The maximum Gasteiger partial charge on any atom is 0.255 e. The zero-order chi connectivity index (χ0) is 18.8. The third-order valence-electron chi connectivity index (χ3n) is 4.75. The van der Waals surface area contributed by atoms with Gasteiger partial charge < -0.3 is 14.6 Å². The minimum atomic E-state index is -0.149. The first kappa shape index (κ1) is 17.1. The highest BCUT2D eigenvalue weighted by Gasteiger charge is 2.22. The molecule has 4 rings (SSSR count). The summed E-state index contributed by atoms with van der Waals surface area (Å²) < 4.78 is 6.01. The zero-order valence-corrected chi connectivity index (χ0v) is 15.1. The van der Waals surface area contributed by atoms with Crippen molar-refractivity contribution in [1.29, 1.82) is 0 Å². The lowest BCUT2D eigenvalue weighted by Gasteiger charge is -2.24. The van der Waals surface area contributed by atoms with E-state index in [0.29, 0.717) is 24.3 Å². The first-order valence-electron chi connectivity index (χ1n) is 8.94. The Morgan fingerprint density at radius 3 is 2.63 bits per heavy atom. The summed E-state index contributed by atoms with van der Waals surface area (Å²) in [5, 5.41) is 2.92. The summed E-state index contributed by atoms with van der Waals surface area (Å²) in [4.78, 5) is 25.8. The number of nitrogens with one attached hydrogen (secondary N) is 1. The van der Waals surface area contributed by atoms with Gasteiger partial charge in [-0.3, -0.25) is 9.59 Å². The molecule has 2 aromatic carbocycles. The fourth-order valence-corrected chi connectivity index (χ4v) is 3.29. The largest absolute Gasteiger partial charge is 0.461 e. The number of anilines is 1. The van der Waals surface area contributed by atoms with Crippen molar-refractivity contribution in [2.45, 2.75) is 19.9 Å². The Bertz CT molecular complexity index is 992. The summed E-state index contributed by atoms with van der Waals surface area (Å²) >= 11 is 0. The highest BCUT2D eigenvalue weighted by molar-refractivity contribution is 6.04. The molecule has 2 amide bonds. The zero-order valence-electron chi connectivity index (χ0n) is 15.1. The second kappa shape index (κ2) is 7.11. The summed E-state index contributed by atoms with van der Waals surface area (Å²) in [5.74, 6) is 1.61. The first-order chi connectivity index (χ1) is 13.1. The van der Waals surface area contributed by atoms with Crippen LogP contribution in [0.25, 0.3) is 11.3 Å². The number of furan rings is 1. The molecule has 0 atom stereocenters. The number of hydrogen-bond donors (Lipinski definition) is 1. The molecule has 27 heavy (non-hydrogen) atoms. The Morgan fingerprint density at radius 1 is 1.04 bits per heavy atom. The van der Waals surface area contributed by atoms with Crippen LogP contribution in [0.1, 0.15) is 28.6 Å². The Balaban J connectivity index is 1.55. The van der Waals surface area contributed by atoms with Gasteiger partial charge in [0.15, 0.2) is 0 Å². The number of benzene rings is 2. The molecule has 0 spiro atoms. The molecule has 0 radical (unpaired) electrons. The van der Waals surface area contributed by atoms with Crippen LogP contribution in [0.15, 0.2) is 65.1 Å². The van der Waals surface area contributed by atoms with Crippen molar-refractivity contribution in [2.75, 3.05) is 11.9 Å². The van der Waals surface area contributed by atoms with E-state index in [1.165, 1.54) is 0 Å². The van der Waals surface area contributed by atoms with Crippen LogP contribution in [0.2, 0.25) is 0 Å². The summed E-state index contributed by atoms with van der Waals surface area (Å²) in [6, 6.07) is 18.7. The van der Waals surface area contributed by atoms with Gasteiger partial charge in [-0.2, -0.15) is 0 Å². The van der Waals surface area contributed by atoms with E-state index < -0.39 is 0 Å². The Labute approximate surface area is 157 Å². The van der Waals surface area contributed by atoms with Gasteiger partial charge in [0.05, 0.1) is 0 Å². The topological polar surface area (TPSA) is 62.6 Å². The SMILES string of the molecule is CC(=O)N1CCc2oc(-c3cccc(NC(=O)c4ccccc4)c3)cc2C1. The van der Waals surface area contributed by atoms with Crippen molar-refractivity contribution in [3.8, 4) is 11.3 Å². The van der Waals surface area contributed by atoms with Crippen LogP contribution < -0.4 is 5.32 Å². The van der Waals surface area contributed by atoms with Gasteiger partial charge in [0.1, 0.15) is 11.5 Å². The summed E-state index contributed by atoms with van der Waals surface area (Å²) in [5.41, 5.74) is 3.26. The van der Waals surface area contributed by atoms with Gasteiger partial charge in [-0.05, 0) is 30.3 Å². The molecular formula is C22H20N2O3. The number of carbonyl (C=O) groups excluding carboxylic acids is 2. The van der Waals surface area contributed by atoms with E-state index in [1.807, 2.05) is 53.4 Å². The lowest BCUT2D eigenvalue weighted by Crippen LogP contribution is -2.33. The second-order valence-electron chi connectivity index (χ2n) is 6.65. The van der Waals surface area contributed by atoms with Gasteiger partial charge in [0.2, 0.25) is 5.91 Å². The van der Waals surface area contributed by atoms with Crippen LogP contribution in [-0.4, -0.2) is 23.3 Å². The fourth-order valence-electron chi connectivity index (χ4n) is 3.29. The van der Waals surface area contributed by atoms with E-state index in [2.05, 4.69) is 5.32 Å². The summed E-state index contributed by atoms with van der Waals surface area (Å²) in [7, 11) is 0. The molecule has 0 fully saturated rings. The monoisotopic (exact) mass is 360 g/mol. The summed E-state index contributed by atoms with van der Waals surface area (Å²) in [6.07, 6.45) is 0.722. The molecule has 3 aromatic rings. The van der Waals surface area contributed by atoms with E-state index in [4.69, 9.17) is 4.42 Å². The van der Waals surface area contributed by atoms with Crippen LogP contribution in [0, 0.1) is 0 Å². The number of hydrogen-bond acceptors (Lipinski definition) is 3. The second-order valence-corrected chi connectivity index (χ2v) is 6.65. The highest BCUT2D eigenvalue weighted by Crippen LogP contribution is 2.31. The Morgan fingerprint density at radius 2 is 1.85 bits per heavy atom. The normalized spacial score (nSPS) is 13.1. The smallest absolute Gasteiger partial charge is 0.255 e. The molecule has 136 valence electrons. The minimum Gasteiger partial charge on any atom is -0.461 e.